The van der Waals surface area contributed by atoms with Gasteiger partial charge < -0.3 is 9.84 Å². The van der Waals surface area contributed by atoms with Gasteiger partial charge in [-0.15, -0.1) is 0 Å². The molecule has 0 amide bonds. The molecule has 0 radical (unpaired) electrons. The number of hydrogen-bond donors (Lipinski definition) is 1. The zero-order valence-corrected chi connectivity index (χ0v) is 16.1. The number of carboxylic acid groups (broad SMARTS) is 1. The highest BCUT2D eigenvalue weighted by Gasteiger charge is 2.16. The van der Waals surface area contributed by atoms with Crippen LogP contribution in [0.5, 0.6) is 5.75 Å². The molecule has 0 unspecified atom stereocenters. The lowest BCUT2D eigenvalue weighted by molar-refractivity contribution is -0.136. The molecule has 0 saturated heterocycles. The Balaban J connectivity index is 2.11. The number of carboxylic acids is 1. The van der Waals surface area contributed by atoms with Gasteiger partial charge in [-0.1, -0.05) is 19.9 Å². The van der Waals surface area contributed by atoms with Crippen LogP contribution in [0.15, 0.2) is 48.5 Å². The maximum Gasteiger partial charge on any atom is 0.307 e. The van der Waals surface area contributed by atoms with Crippen molar-refractivity contribution in [3.05, 3.63) is 59.9 Å². The van der Waals surface area contributed by atoms with Gasteiger partial charge in [0.15, 0.2) is 0 Å². The number of carbonyl (C=O) groups is 1. The van der Waals surface area contributed by atoms with Crippen molar-refractivity contribution < 1.29 is 19.0 Å². The van der Waals surface area contributed by atoms with Crippen LogP contribution in [0.2, 0.25) is 0 Å². The first-order chi connectivity index (χ1) is 13.4. The summed E-state index contributed by atoms with van der Waals surface area (Å²) >= 11 is 0. The zero-order chi connectivity index (χ0) is 20.3. The molecule has 1 aromatic heterocycles. The fraction of sp³-hybridized carbons (Fsp3) is 0.273. The van der Waals surface area contributed by atoms with Gasteiger partial charge in [-0.05, 0) is 53.9 Å². The van der Waals surface area contributed by atoms with Gasteiger partial charge in [0.05, 0.1) is 24.9 Å². The molecule has 5 nitrogen and oxygen atoms in total. The molecule has 1 N–H and O–H groups in total. The minimum Gasteiger partial charge on any atom is -0.496 e. The molecule has 0 atom stereocenters. The molecular formula is C22H23FN2O3. The summed E-state index contributed by atoms with van der Waals surface area (Å²) in [6.45, 7) is 4.90. The van der Waals surface area contributed by atoms with Gasteiger partial charge in [0.1, 0.15) is 11.6 Å². The number of benzene rings is 2. The normalized spacial score (nSPS) is 11.0. The van der Waals surface area contributed by atoms with Crippen LogP contribution in [0, 0.1) is 11.7 Å². The summed E-state index contributed by atoms with van der Waals surface area (Å²) in [5.74, 6) is -0.198. The van der Waals surface area contributed by atoms with E-state index in [0.29, 0.717) is 29.5 Å². The van der Waals surface area contributed by atoms with Gasteiger partial charge in [-0.2, -0.15) is 5.10 Å². The van der Waals surface area contributed by atoms with Gasteiger partial charge in [-0.25, -0.2) is 4.39 Å². The Morgan fingerprint density at radius 3 is 2.50 bits per heavy atom. The third-order valence-electron chi connectivity index (χ3n) is 4.35. The molecule has 2 aromatic carbocycles. The van der Waals surface area contributed by atoms with Crippen LogP contribution in [-0.4, -0.2) is 28.0 Å². The van der Waals surface area contributed by atoms with Gasteiger partial charge in [0, 0.05) is 17.7 Å². The molecule has 0 bridgehead atoms. The van der Waals surface area contributed by atoms with Gasteiger partial charge in [0.2, 0.25) is 0 Å². The van der Waals surface area contributed by atoms with Crippen LogP contribution >= 0.6 is 0 Å². The Morgan fingerprint density at radius 2 is 1.89 bits per heavy atom. The highest BCUT2D eigenvalue weighted by molar-refractivity contribution is 5.76. The smallest absolute Gasteiger partial charge is 0.307 e. The first-order valence-corrected chi connectivity index (χ1v) is 9.10. The van der Waals surface area contributed by atoms with E-state index in [1.807, 2.05) is 10.7 Å². The maximum atomic E-state index is 13.3. The Kier molecular flexibility index (Phi) is 5.78. The predicted octanol–water partition coefficient (Wildman–Crippen LogP) is 4.65. The van der Waals surface area contributed by atoms with Crippen molar-refractivity contribution in [3.8, 4) is 28.3 Å². The van der Waals surface area contributed by atoms with E-state index in [1.54, 1.807) is 37.4 Å². The number of halogens is 1. The maximum absolute atomic E-state index is 13.3. The number of rotatable bonds is 7. The van der Waals surface area contributed by atoms with E-state index in [4.69, 9.17) is 14.9 Å². The van der Waals surface area contributed by atoms with Crippen molar-refractivity contribution in [1.29, 1.82) is 0 Å². The van der Waals surface area contributed by atoms with Crippen molar-refractivity contribution in [2.24, 2.45) is 5.92 Å². The van der Waals surface area contributed by atoms with E-state index in [0.717, 1.165) is 16.8 Å². The number of aliphatic carboxylic acids is 1. The molecule has 28 heavy (non-hydrogen) atoms. The monoisotopic (exact) mass is 382 g/mol. The summed E-state index contributed by atoms with van der Waals surface area (Å²) in [5, 5.41) is 13.8. The summed E-state index contributed by atoms with van der Waals surface area (Å²) < 4.78 is 20.7. The van der Waals surface area contributed by atoms with Crippen LogP contribution in [0.3, 0.4) is 0 Å². The quantitative estimate of drug-likeness (QED) is 0.646. The van der Waals surface area contributed by atoms with Crippen molar-refractivity contribution in [3.63, 3.8) is 0 Å². The van der Waals surface area contributed by atoms with Crippen LogP contribution in [-0.2, 0) is 17.8 Å². The van der Waals surface area contributed by atoms with E-state index in [1.165, 1.54) is 12.1 Å². The molecule has 3 rings (SSSR count). The number of nitrogens with zero attached hydrogens (tertiary/aromatic N) is 2. The summed E-state index contributed by atoms with van der Waals surface area (Å²) in [4.78, 5) is 11.1. The van der Waals surface area contributed by atoms with E-state index in [9.17, 15) is 9.18 Å². The average molecular weight is 382 g/mol. The second-order valence-electron chi connectivity index (χ2n) is 7.10. The molecule has 0 aliphatic rings. The van der Waals surface area contributed by atoms with Crippen LogP contribution < -0.4 is 4.74 Å². The molecule has 0 aliphatic carbocycles. The van der Waals surface area contributed by atoms with Crippen molar-refractivity contribution in [2.75, 3.05) is 7.11 Å². The summed E-state index contributed by atoms with van der Waals surface area (Å²) in [6.07, 6.45) is -0.0749. The van der Waals surface area contributed by atoms with Crippen LogP contribution in [0.1, 0.15) is 19.4 Å². The topological polar surface area (TPSA) is 64.3 Å². The number of methoxy groups -OCH3 is 1. The Morgan fingerprint density at radius 1 is 1.18 bits per heavy atom. The third-order valence-corrected chi connectivity index (χ3v) is 4.35. The SMILES string of the molecule is COc1ccc(CC(=O)O)cc1-c1cc(-c2ccc(F)cc2)n(CC(C)C)n1. The summed E-state index contributed by atoms with van der Waals surface area (Å²) in [6, 6.07) is 13.5. The van der Waals surface area contributed by atoms with E-state index in [2.05, 4.69) is 13.8 Å². The molecule has 3 aromatic rings. The fourth-order valence-corrected chi connectivity index (χ4v) is 3.13. The summed E-state index contributed by atoms with van der Waals surface area (Å²) in [5.41, 5.74) is 3.82. The average Bonchev–Trinajstić information content (AvgIpc) is 3.04. The molecule has 0 fully saturated rings. The lowest BCUT2D eigenvalue weighted by Gasteiger charge is -2.10. The lowest BCUT2D eigenvalue weighted by Crippen LogP contribution is -2.08. The molecular weight excluding hydrogens is 359 g/mol. The first-order valence-electron chi connectivity index (χ1n) is 9.10. The second kappa shape index (κ2) is 8.25. The molecule has 0 spiro atoms. The third kappa shape index (κ3) is 4.39. The minimum atomic E-state index is -0.895. The second-order valence-corrected chi connectivity index (χ2v) is 7.10. The highest BCUT2D eigenvalue weighted by atomic mass is 19.1. The van der Waals surface area contributed by atoms with Gasteiger partial charge in [-0.3, -0.25) is 9.48 Å². The Labute approximate surface area is 163 Å². The molecule has 146 valence electrons. The first kappa shape index (κ1) is 19.6. The standard InChI is InChI=1S/C22H23FN2O3/c1-14(2)13-25-20(16-5-7-17(23)8-6-16)12-19(24-25)18-10-15(11-22(26)27)4-9-21(18)28-3/h4-10,12,14H,11,13H2,1-3H3,(H,26,27). The van der Waals surface area contributed by atoms with Crippen molar-refractivity contribution in [2.45, 2.75) is 26.8 Å². The Bertz CT molecular complexity index is 978. The largest absolute Gasteiger partial charge is 0.496 e. The van der Waals surface area contributed by atoms with E-state index >= 15 is 0 Å². The predicted molar refractivity (Wildman–Crippen MR) is 106 cm³/mol. The summed E-state index contributed by atoms with van der Waals surface area (Å²) in [7, 11) is 1.57. The zero-order valence-electron chi connectivity index (χ0n) is 16.1. The molecule has 0 saturated carbocycles. The number of aromatic nitrogens is 2. The number of ether oxygens (including phenoxy) is 1. The van der Waals surface area contributed by atoms with Crippen molar-refractivity contribution >= 4 is 5.97 Å². The Hall–Kier alpha value is -3.15. The van der Waals surface area contributed by atoms with Crippen LogP contribution in [0.4, 0.5) is 4.39 Å². The van der Waals surface area contributed by atoms with E-state index < -0.39 is 5.97 Å². The lowest BCUT2D eigenvalue weighted by atomic mass is 10.0. The van der Waals surface area contributed by atoms with Gasteiger partial charge in [0.25, 0.3) is 0 Å². The van der Waals surface area contributed by atoms with Crippen molar-refractivity contribution in [1.82, 2.24) is 9.78 Å². The van der Waals surface area contributed by atoms with E-state index in [-0.39, 0.29) is 12.2 Å². The molecule has 1 heterocycles. The number of hydrogen-bond acceptors (Lipinski definition) is 3. The van der Waals surface area contributed by atoms with Gasteiger partial charge >= 0.3 is 5.97 Å². The fourth-order valence-electron chi connectivity index (χ4n) is 3.13. The molecule has 6 heteroatoms. The minimum absolute atomic E-state index is 0.0749. The highest BCUT2D eigenvalue weighted by Crippen LogP contribution is 2.33. The molecule has 0 aliphatic heterocycles. The van der Waals surface area contributed by atoms with Crippen LogP contribution in [0.25, 0.3) is 22.5 Å².